The molecule has 0 atom stereocenters. The lowest BCUT2D eigenvalue weighted by Gasteiger charge is -1.87. The Balaban J connectivity index is 3.16. The average Bonchev–Trinajstić information content (AvgIpc) is 2.32. The summed E-state index contributed by atoms with van der Waals surface area (Å²) < 4.78 is 6.98. The number of hydrogen-bond acceptors (Lipinski definition) is 5. The number of carboxylic acid groups (broad SMARTS) is 1. The number of aromatic nitrogens is 2. The molecule has 0 aliphatic heterocycles. The van der Waals surface area contributed by atoms with Crippen molar-refractivity contribution in [1.82, 2.24) is 8.75 Å². The lowest BCUT2D eigenvalue weighted by atomic mass is 10.2. The van der Waals surface area contributed by atoms with Crippen molar-refractivity contribution in [3.05, 3.63) is 11.4 Å². The maximum absolute atomic E-state index is 10.7. The molecule has 6 heteroatoms. The number of carboxylic acids is 1. The molecular weight excluding hydrogens is 168 g/mol. The summed E-state index contributed by atoms with van der Waals surface area (Å²) in [7, 11) is 0. The fourth-order valence-electron chi connectivity index (χ4n) is 0.560. The van der Waals surface area contributed by atoms with Crippen LogP contribution in [0.1, 0.15) is 27.9 Å². The van der Waals surface area contributed by atoms with Crippen molar-refractivity contribution in [1.29, 1.82) is 0 Å². The lowest BCUT2D eigenvalue weighted by Crippen LogP contribution is -2.05. The molecule has 0 fully saturated rings. The number of carbonyl (C=O) groups is 2. The molecule has 11 heavy (non-hydrogen) atoms. The van der Waals surface area contributed by atoms with Crippen LogP contribution < -0.4 is 0 Å². The molecule has 0 bridgehead atoms. The van der Waals surface area contributed by atoms with Gasteiger partial charge in [-0.15, -0.1) is 0 Å². The van der Waals surface area contributed by atoms with Gasteiger partial charge in [0.2, 0.25) is 0 Å². The van der Waals surface area contributed by atoms with Crippen LogP contribution in [0, 0.1) is 0 Å². The van der Waals surface area contributed by atoms with Gasteiger partial charge >= 0.3 is 5.97 Å². The molecule has 1 heterocycles. The second kappa shape index (κ2) is 2.75. The highest BCUT2D eigenvalue weighted by atomic mass is 32.1. The summed E-state index contributed by atoms with van der Waals surface area (Å²) in [5.74, 6) is -1.60. The Labute approximate surface area is 66.0 Å². The van der Waals surface area contributed by atoms with E-state index in [1.54, 1.807) is 0 Å². The van der Waals surface area contributed by atoms with Crippen LogP contribution in [0.25, 0.3) is 0 Å². The molecule has 0 aliphatic carbocycles. The van der Waals surface area contributed by atoms with Crippen molar-refractivity contribution in [3.63, 3.8) is 0 Å². The minimum absolute atomic E-state index is 0.0671. The van der Waals surface area contributed by atoms with Gasteiger partial charge < -0.3 is 5.11 Å². The molecule has 1 aromatic rings. The van der Waals surface area contributed by atoms with Crippen molar-refractivity contribution in [3.8, 4) is 0 Å². The Hall–Kier alpha value is -1.30. The van der Waals surface area contributed by atoms with Crippen molar-refractivity contribution < 1.29 is 14.7 Å². The van der Waals surface area contributed by atoms with Gasteiger partial charge in [-0.1, -0.05) is 0 Å². The minimum Gasteiger partial charge on any atom is -0.476 e. The third-order valence-corrected chi connectivity index (χ3v) is 1.55. The van der Waals surface area contributed by atoms with Gasteiger partial charge in [0.15, 0.2) is 17.2 Å². The summed E-state index contributed by atoms with van der Waals surface area (Å²) in [5, 5.41) is 8.46. The van der Waals surface area contributed by atoms with Crippen LogP contribution in [-0.4, -0.2) is 25.6 Å². The fourth-order valence-corrected chi connectivity index (χ4v) is 1.14. The van der Waals surface area contributed by atoms with Gasteiger partial charge in [-0.2, -0.15) is 8.75 Å². The second-order valence-corrected chi connectivity index (χ2v) is 2.35. The van der Waals surface area contributed by atoms with Crippen molar-refractivity contribution in [2.75, 3.05) is 0 Å². The van der Waals surface area contributed by atoms with Gasteiger partial charge in [-0.3, -0.25) is 4.79 Å². The highest BCUT2D eigenvalue weighted by Crippen LogP contribution is 2.05. The van der Waals surface area contributed by atoms with Gasteiger partial charge in [0, 0.05) is 6.92 Å². The van der Waals surface area contributed by atoms with Crippen LogP contribution >= 0.6 is 11.7 Å². The van der Waals surface area contributed by atoms with E-state index in [0.717, 1.165) is 11.7 Å². The predicted molar refractivity (Wildman–Crippen MR) is 36.9 cm³/mol. The van der Waals surface area contributed by atoms with Crippen molar-refractivity contribution in [2.24, 2.45) is 0 Å². The summed E-state index contributed by atoms with van der Waals surface area (Å²) >= 11 is 0.721. The third kappa shape index (κ3) is 1.40. The van der Waals surface area contributed by atoms with Crippen LogP contribution in [0.15, 0.2) is 0 Å². The summed E-state index contributed by atoms with van der Waals surface area (Å²) in [4.78, 5) is 21.0. The first-order valence-electron chi connectivity index (χ1n) is 2.69. The molecule has 58 valence electrons. The monoisotopic (exact) mass is 172 g/mol. The van der Waals surface area contributed by atoms with Crippen molar-refractivity contribution in [2.45, 2.75) is 6.92 Å². The fraction of sp³-hybridized carbons (Fsp3) is 0.200. The Morgan fingerprint density at radius 1 is 1.36 bits per heavy atom. The SMILES string of the molecule is CC(=O)c1nsnc1C(=O)O. The summed E-state index contributed by atoms with van der Waals surface area (Å²) in [6, 6.07) is 0. The highest BCUT2D eigenvalue weighted by Gasteiger charge is 2.17. The maximum Gasteiger partial charge on any atom is 0.358 e. The molecule has 0 spiro atoms. The first-order chi connectivity index (χ1) is 5.13. The molecule has 0 aromatic carbocycles. The van der Waals surface area contributed by atoms with E-state index in [1.165, 1.54) is 6.92 Å². The maximum atomic E-state index is 10.7. The van der Waals surface area contributed by atoms with Gasteiger partial charge in [0.25, 0.3) is 0 Å². The molecular formula is C5H4N2O3S. The molecule has 1 aromatic heterocycles. The number of ketones is 1. The van der Waals surface area contributed by atoms with Crippen LogP contribution in [-0.2, 0) is 0 Å². The first kappa shape index (κ1) is 7.80. The molecule has 0 saturated carbocycles. The molecule has 1 rings (SSSR count). The van der Waals surface area contributed by atoms with Crippen LogP contribution in [0.5, 0.6) is 0 Å². The minimum atomic E-state index is -1.22. The van der Waals surface area contributed by atoms with Gasteiger partial charge in [-0.05, 0) is 0 Å². The van der Waals surface area contributed by atoms with Crippen LogP contribution in [0.3, 0.4) is 0 Å². The van der Waals surface area contributed by atoms with E-state index in [0.29, 0.717) is 0 Å². The zero-order chi connectivity index (χ0) is 8.43. The first-order valence-corrected chi connectivity index (χ1v) is 3.42. The molecule has 0 aliphatic rings. The largest absolute Gasteiger partial charge is 0.476 e. The van der Waals surface area contributed by atoms with E-state index in [2.05, 4.69) is 8.75 Å². The number of hydrogen-bond donors (Lipinski definition) is 1. The standard InChI is InChI=1S/C5H4N2O3S/c1-2(8)3-4(5(9)10)7-11-6-3/h1H3,(H,9,10). The molecule has 1 N–H and O–H groups in total. The number of carbonyl (C=O) groups excluding carboxylic acids is 1. The number of rotatable bonds is 2. The van der Waals surface area contributed by atoms with E-state index < -0.39 is 5.97 Å². The van der Waals surface area contributed by atoms with E-state index in [-0.39, 0.29) is 17.2 Å². The quantitative estimate of drug-likeness (QED) is 0.654. The second-order valence-electron chi connectivity index (χ2n) is 1.82. The predicted octanol–water partition coefficient (Wildman–Crippen LogP) is 0.439. The van der Waals surface area contributed by atoms with Crippen LogP contribution in [0.4, 0.5) is 0 Å². The van der Waals surface area contributed by atoms with Crippen molar-refractivity contribution >= 4 is 23.5 Å². The Kier molecular flexibility index (Phi) is 1.95. The molecule has 0 amide bonds. The lowest BCUT2D eigenvalue weighted by molar-refractivity contribution is 0.0687. The highest BCUT2D eigenvalue weighted by molar-refractivity contribution is 6.99. The average molecular weight is 172 g/mol. The smallest absolute Gasteiger partial charge is 0.358 e. The van der Waals surface area contributed by atoms with E-state index >= 15 is 0 Å². The Morgan fingerprint density at radius 2 is 1.91 bits per heavy atom. The zero-order valence-electron chi connectivity index (χ0n) is 5.57. The summed E-state index contributed by atoms with van der Waals surface area (Å²) in [6.07, 6.45) is 0. The molecule has 0 unspecified atom stereocenters. The zero-order valence-corrected chi connectivity index (χ0v) is 6.38. The molecule has 0 radical (unpaired) electrons. The van der Waals surface area contributed by atoms with E-state index in [1.807, 2.05) is 0 Å². The van der Waals surface area contributed by atoms with Gasteiger partial charge in [-0.25, -0.2) is 4.79 Å². The summed E-state index contributed by atoms with van der Waals surface area (Å²) in [5.41, 5.74) is -0.329. The number of aromatic carboxylic acids is 1. The normalized spacial score (nSPS) is 9.55. The van der Waals surface area contributed by atoms with E-state index in [4.69, 9.17) is 5.11 Å². The van der Waals surface area contributed by atoms with E-state index in [9.17, 15) is 9.59 Å². The molecule has 5 nitrogen and oxygen atoms in total. The third-order valence-electron chi connectivity index (χ3n) is 1.02. The Morgan fingerprint density at radius 3 is 2.27 bits per heavy atom. The molecule has 0 saturated heterocycles. The van der Waals surface area contributed by atoms with Gasteiger partial charge in [0.1, 0.15) is 0 Å². The Bertz CT molecular complexity index is 278. The summed E-state index contributed by atoms with van der Waals surface area (Å²) in [6.45, 7) is 1.25. The number of nitrogens with zero attached hydrogens (tertiary/aromatic N) is 2. The topological polar surface area (TPSA) is 80.2 Å². The van der Waals surface area contributed by atoms with Crippen LogP contribution in [0.2, 0.25) is 0 Å². The number of Topliss-reactive ketones (excluding diaryl/α,β-unsaturated/α-hetero) is 1. The van der Waals surface area contributed by atoms with Gasteiger partial charge in [0.05, 0.1) is 11.7 Å².